The monoisotopic (exact) mass is 723 g/mol. The van der Waals surface area contributed by atoms with Gasteiger partial charge in [0.15, 0.2) is 11.6 Å². The van der Waals surface area contributed by atoms with Crippen molar-refractivity contribution in [1.29, 1.82) is 0 Å². The summed E-state index contributed by atoms with van der Waals surface area (Å²) < 4.78 is 68.4. The molecule has 21 heteroatoms. The average molecular weight is 724 g/mol. The van der Waals surface area contributed by atoms with Gasteiger partial charge in [-0.15, -0.1) is 0 Å². The molecule has 0 heterocycles. The Morgan fingerprint density at radius 3 is 1.29 bits per heavy atom. The minimum absolute atomic E-state index is 0. The third-order valence-corrected chi connectivity index (χ3v) is 8.03. The number of rotatable bonds is 10. The predicted octanol–water partition coefficient (Wildman–Crippen LogP) is 1.58. The molecule has 2 aromatic carbocycles. The molecule has 0 unspecified atom stereocenters. The summed E-state index contributed by atoms with van der Waals surface area (Å²) in [6.07, 6.45) is 4.94. The van der Waals surface area contributed by atoms with Crippen molar-refractivity contribution in [2.45, 2.75) is 9.79 Å². The number of hydrazone groups is 2. The number of nitrogens with zero attached hydrogens (tertiary/aromatic N) is 2. The number of carboxylic acids is 2. The third kappa shape index (κ3) is 9.23. The van der Waals surface area contributed by atoms with Crippen LogP contribution in [0.1, 0.15) is 11.1 Å². The second-order valence-corrected chi connectivity index (χ2v) is 12.3. The molecule has 0 saturated heterocycles. The molecule has 249 valence electrons. The van der Waals surface area contributed by atoms with Crippen molar-refractivity contribution in [3.63, 3.8) is 0 Å². The fraction of sp³-hybridized carbons (Fsp3) is 0. The summed E-state index contributed by atoms with van der Waals surface area (Å²) in [7, 11) is -9.93. The Balaban J connectivity index is 0.00000650. The quantitative estimate of drug-likeness (QED) is 0.0567. The molecule has 0 aliphatic heterocycles. The van der Waals surface area contributed by atoms with Crippen molar-refractivity contribution < 1.29 is 65.5 Å². The largest absolute Gasteiger partial charge is 0.505 e. The van der Waals surface area contributed by atoms with Crippen LogP contribution in [0.4, 0.5) is 11.4 Å². The van der Waals surface area contributed by atoms with Crippen molar-refractivity contribution in [2.75, 3.05) is 10.9 Å². The first-order valence-corrected chi connectivity index (χ1v) is 15.6. The van der Waals surface area contributed by atoms with Gasteiger partial charge in [-0.25, -0.2) is 9.59 Å². The van der Waals surface area contributed by atoms with Gasteiger partial charge >= 0.3 is 11.9 Å². The van der Waals surface area contributed by atoms with Crippen molar-refractivity contribution in [1.82, 2.24) is 0 Å². The second-order valence-electron chi connectivity index (χ2n) is 9.52. The summed E-state index contributed by atoms with van der Waals surface area (Å²) in [6, 6.07) is 6.45. The summed E-state index contributed by atoms with van der Waals surface area (Å²) in [5, 5.41) is 46.0. The Bertz CT molecular complexity index is 2090. The summed E-state index contributed by atoms with van der Waals surface area (Å²) in [5.41, 5.74) is 1.52. The van der Waals surface area contributed by atoms with Crippen LogP contribution in [0.15, 0.2) is 103 Å². The van der Waals surface area contributed by atoms with Gasteiger partial charge in [0, 0.05) is 53.9 Å². The molecule has 0 atom stereocenters. The maximum atomic E-state index is 12.2. The summed E-state index contributed by atoms with van der Waals surface area (Å²) in [5.74, 6) is -6.37. The van der Waals surface area contributed by atoms with Crippen LogP contribution < -0.4 is 10.9 Å². The van der Waals surface area contributed by atoms with E-state index in [4.69, 9.17) is 0 Å². The van der Waals surface area contributed by atoms with Gasteiger partial charge in [0.25, 0.3) is 20.2 Å². The number of aliphatic hydroxyl groups is 2. The van der Waals surface area contributed by atoms with E-state index in [-0.39, 0.29) is 52.1 Å². The van der Waals surface area contributed by atoms with E-state index in [0.717, 1.165) is 36.4 Å². The minimum atomic E-state index is -4.96. The van der Waals surface area contributed by atoms with Gasteiger partial charge in [-0.2, -0.15) is 27.0 Å². The first-order valence-electron chi connectivity index (χ1n) is 12.7. The molecular weight excluding hydrogens is 703 g/mol. The number of aliphatic hydroxyl groups excluding tert-OH is 2. The van der Waals surface area contributed by atoms with Gasteiger partial charge in [0.05, 0.1) is 22.5 Å². The van der Waals surface area contributed by atoms with Crippen LogP contribution in [-0.2, 0) is 39.4 Å². The number of hydrogen-bond acceptors (Lipinski definition) is 14. The zero-order valence-corrected chi connectivity index (χ0v) is 28.2. The van der Waals surface area contributed by atoms with Crippen LogP contribution >= 0.6 is 0 Å². The molecule has 2 aliphatic rings. The van der Waals surface area contributed by atoms with Crippen LogP contribution in [-0.4, -0.2) is 111 Å². The molecule has 0 fully saturated rings. The molecular formula is C28H20N4NaO14S2. The maximum absolute atomic E-state index is 12.2. The van der Waals surface area contributed by atoms with E-state index in [9.17, 15) is 65.5 Å². The zero-order chi connectivity index (χ0) is 35.6. The molecule has 2 aromatic rings. The molecule has 0 aromatic heterocycles. The first kappa shape index (κ1) is 38.2. The fourth-order valence-electron chi connectivity index (χ4n) is 4.10. The van der Waals surface area contributed by atoms with E-state index in [1.54, 1.807) is 0 Å². The number of ketones is 2. The molecule has 0 saturated carbocycles. The van der Waals surface area contributed by atoms with Gasteiger partial charge < -0.3 is 20.4 Å². The van der Waals surface area contributed by atoms with Crippen LogP contribution in [0.2, 0.25) is 0 Å². The number of carboxylic acid groups (broad SMARTS) is 2. The number of benzene rings is 2. The van der Waals surface area contributed by atoms with Crippen molar-refractivity contribution in [3.05, 3.63) is 94.5 Å². The molecule has 18 nitrogen and oxygen atoms in total. The summed E-state index contributed by atoms with van der Waals surface area (Å²) in [6.45, 7) is 0. The van der Waals surface area contributed by atoms with Crippen molar-refractivity contribution >= 4 is 108 Å². The average Bonchev–Trinajstić information content (AvgIpc) is 2.97. The molecule has 2 aliphatic carbocycles. The first-order chi connectivity index (χ1) is 22.3. The van der Waals surface area contributed by atoms with Gasteiger partial charge in [0.1, 0.15) is 32.7 Å². The van der Waals surface area contributed by atoms with E-state index in [1.807, 2.05) is 0 Å². The van der Waals surface area contributed by atoms with Crippen LogP contribution in [0, 0.1) is 0 Å². The summed E-state index contributed by atoms with van der Waals surface area (Å²) >= 11 is 0. The number of anilines is 2. The Morgan fingerprint density at radius 2 is 0.980 bits per heavy atom. The van der Waals surface area contributed by atoms with Crippen molar-refractivity contribution in [3.8, 4) is 0 Å². The number of carbonyl (C=O) groups excluding carboxylic acids is 2. The Morgan fingerprint density at radius 1 is 0.633 bits per heavy atom. The SMILES string of the molecule is O=C1C=C(O)/C(=N\Nc2ccc(C=Cc3ccc(N/N=C4\C(O)=CC(=O)C=C4C(=O)O)cc3S(=O)(=O)O)c(S(=O)(=O)O)c2)C(C(=O)O)=C1.[Na]. The van der Waals surface area contributed by atoms with E-state index < -0.39 is 87.6 Å². The maximum Gasteiger partial charge on any atom is 0.338 e. The Kier molecular flexibility index (Phi) is 11.6. The number of nitrogens with one attached hydrogen (secondary N) is 2. The molecule has 4 rings (SSSR count). The zero-order valence-electron chi connectivity index (χ0n) is 24.6. The van der Waals surface area contributed by atoms with Gasteiger partial charge in [-0.1, -0.05) is 24.3 Å². The second kappa shape index (κ2) is 14.9. The summed E-state index contributed by atoms with van der Waals surface area (Å²) in [4.78, 5) is 44.5. The Hall–Kier alpha value is -5.22. The molecule has 0 amide bonds. The minimum Gasteiger partial charge on any atom is -0.505 e. The Labute approximate surface area is 297 Å². The third-order valence-electron chi connectivity index (χ3n) is 6.21. The van der Waals surface area contributed by atoms with Gasteiger partial charge in [-0.3, -0.25) is 29.5 Å². The van der Waals surface area contributed by atoms with E-state index in [1.165, 1.54) is 12.1 Å². The molecule has 1 radical (unpaired) electrons. The van der Waals surface area contributed by atoms with E-state index in [0.29, 0.717) is 24.3 Å². The number of hydrogen-bond donors (Lipinski definition) is 8. The molecule has 49 heavy (non-hydrogen) atoms. The topological polar surface area (TPSA) is 307 Å². The van der Waals surface area contributed by atoms with Crippen LogP contribution in [0.3, 0.4) is 0 Å². The number of carbonyl (C=O) groups is 4. The molecule has 8 N–H and O–H groups in total. The van der Waals surface area contributed by atoms with E-state index >= 15 is 0 Å². The van der Waals surface area contributed by atoms with Crippen LogP contribution in [0.25, 0.3) is 12.2 Å². The standard InChI is InChI=1S/C28H20N4O14S2.Na/c33-17-9-19(27(37)38)25(21(35)11-17)31-29-15-5-3-13(23(7-15)47(41,42)43)1-2-14-4-6-16(8-24(14)48(44,45)46)30-32-26-20(28(39)40)10-18(34)12-22(26)36;/h1-12,29-30,35-36H,(H,37,38)(H,39,40)(H,41,42,43)(H,44,45,46);/b2-1?,31-25-,32-26-;. The molecule has 0 bridgehead atoms. The predicted molar refractivity (Wildman–Crippen MR) is 172 cm³/mol. The fourth-order valence-corrected chi connectivity index (χ4v) is 5.52. The van der Waals surface area contributed by atoms with Crippen LogP contribution in [0.5, 0.6) is 0 Å². The smallest absolute Gasteiger partial charge is 0.338 e. The normalized spacial score (nSPS) is 16.8. The van der Waals surface area contributed by atoms with Gasteiger partial charge in [0.2, 0.25) is 0 Å². The van der Waals surface area contributed by atoms with E-state index in [2.05, 4.69) is 21.1 Å². The number of aliphatic carboxylic acids is 2. The number of allylic oxidation sites excluding steroid dienone is 6. The molecule has 0 spiro atoms. The van der Waals surface area contributed by atoms with Crippen molar-refractivity contribution in [2.24, 2.45) is 10.2 Å². The van der Waals surface area contributed by atoms with Gasteiger partial charge in [-0.05, 0) is 35.4 Å².